The highest BCUT2D eigenvalue weighted by atomic mass is 16.4. The lowest BCUT2D eigenvalue weighted by Gasteiger charge is -2.19. The molecular weight excluding hydrogens is 260 g/mol. The van der Waals surface area contributed by atoms with Crippen LogP contribution in [0.15, 0.2) is 16.9 Å². The summed E-state index contributed by atoms with van der Waals surface area (Å²) in [5, 5.41) is 8.62. The fraction of sp³-hybridized carbons (Fsp3) is 0.500. The molecule has 0 aliphatic carbocycles. The molecule has 0 fully saturated rings. The Morgan fingerprint density at radius 3 is 2.60 bits per heavy atom. The number of carboxylic acids is 1. The van der Waals surface area contributed by atoms with E-state index < -0.39 is 5.97 Å². The van der Waals surface area contributed by atoms with Gasteiger partial charge in [-0.05, 0) is 12.0 Å². The average Bonchev–Trinajstić information content (AvgIpc) is 2.63. The molecule has 1 aliphatic heterocycles. The quantitative estimate of drug-likeness (QED) is 0.855. The van der Waals surface area contributed by atoms with Crippen LogP contribution in [-0.4, -0.2) is 39.5 Å². The van der Waals surface area contributed by atoms with E-state index in [9.17, 15) is 14.4 Å². The van der Waals surface area contributed by atoms with E-state index in [1.807, 2.05) is 6.07 Å². The number of pyridine rings is 1. The van der Waals surface area contributed by atoms with Crippen molar-refractivity contribution in [3.05, 3.63) is 33.7 Å². The van der Waals surface area contributed by atoms with Gasteiger partial charge < -0.3 is 14.6 Å². The number of carbonyl (C=O) groups is 2. The summed E-state index contributed by atoms with van der Waals surface area (Å²) in [6.45, 7) is 1.10. The average molecular weight is 278 g/mol. The molecular formula is C14H18N2O4. The Bertz CT molecular complexity index is 591. The Hall–Kier alpha value is -2.11. The van der Waals surface area contributed by atoms with Crippen molar-refractivity contribution >= 4 is 11.9 Å². The first kappa shape index (κ1) is 14.3. The van der Waals surface area contributed by atoms with Gasteiger partial charge in [-0.25, -0.2) is 0 Å². The maximum Gasteiger partial charge on any atom is 0.303 e. The van der Waals surface area contributed by atoms with Gasteiger partial charge in [-0.1, -0.05) is 6.07 Å². The number of amides is 1. The summed E-state index contributed by atoms with van der Waals surface area (Å²) in [5.41, 5.74) is 2.00. The van der Waals surface area contributed by atoms with Crippen molar-refractivity contribution in [1.29, 1.82) is 0 Å². The number of rotatable bonds is 3. The number of fused-ring (bicyclic) bond motifs is 1. The molecule has 2 rings (SSSR count). The lowest BCUT2D eigenvalue weighted by Crippen LogP contribution is -2.33. The summed E-state index contributed by atoms with van der Waals surface area (Å²) < 4.78 is 1.63. The van der Waals surface area contributed by atoms with Gasteiger partial charge >= 0.3 is 5.97 Å². The summed E-state index contributed by atoms with van der Waals surface area (Å²) in [5.74, 6) is -1.09. The van der Waals surface area contributed by atoms with Crippen molar-refractivity contribution in [2.24, 2.45) is 7.05 Å². The van der Waals surface area contributed by atoms with Gasteiger partial charge in [-0.3, -0.25) is 14.4 Å². The van der Waals surface area contributed by atoms with Crippen LogP contribution in [0.2, 0.25) is 0 Å². The van der Waals surface area contributed by atoms with E-state index in [-0.39, 0.29) is 24.3 Å². The Morgan fingerprint density at radius 1 is 1.20 bits per heavy atom. The van der Waals surface area contributed by atoms with Crippen LogP contribution in [0.3, 0.4) is 0 Å². The topological polar surface area (TPSA) is 79.6 Å². The summed E-state index contributed by atoms with van der Waals surface area (Å²) in [6, 6.07) is 3.36. The molecule has 0 unspecified atom stereocenters. The van der Waals surface area contributed by atoms with E-state index in [1.54, 1.807) is 22.6 Å². The SMILES string of the molecule is Cn1c2c(ccc1=O)CCN(C(=O)CCC(=O)O)CC2. The molecule has 1 aliphatic rings. The molecule has 0 saturated heterocycles. The number of aromatic nitrogens is 1. The van der Waals surface area contributed by atoms with Gasteiger partial charge in [-0.15, -0.1) is 0 Å². The molecule has 108 valence electrons. The Morgan fingerprint density at radius 2 is 1.90 bits per heavy atom. The minimum atomic E-state index is -0.959. The fourth-order valence-electron chi connectivity index (χ4n) is 2.51. The third kappa shape index (κ3) is 3.07. The zero-order valence-electron chi connectivity index (χ0n) is 11.5. The van der Waals surface area contributed by atoms with E-state index in [0.717, 1.165) is 11.3 Å². The molecule has 0 radical (unpaired) electrons. The van der Waals surface area contributed by atoms with Gasteiger partial charge in [0.25, 0.3) is 0 Å². The van der Waals surface area contributed by atoms with E-state index in [4.69, 9.17) is 5.11 Å². The van der Waals surface area contributed by atoms with Crippen LogP contribution in [0.5, 0.6) is 0 Å². The van der Waals surface area contributed by atoms with Gasteiger partial charge in [0, 0.05) is 44.7 Å². The van der Waals surface area contributed by atoms with Crippen molar-refractivity contribution in [1.82, 2.24) is 9.47 Å². The highest BCUT2D eigenvalue weighted by molar-refractivity contribution is 5.80. The highest BCUT2D eigenvalue weighted by Crippen LogP contribution is 2.14. The predicted molar refractivity (Wildman–Crippen MR) is 72.5 cm³/mol. The van der Waals surface area contributed by atoms with Crippen LogP contribution in [0.4, 0.5) is 0 Å². The molecule has 0 spiro atoms. The number of carboxylic acid groups (broad SMARTS) is 1. The lowest BCUT2D eigenvalue weighted by atomic mass is 10.1. The first-order chi connectivity index (χ1) is 9.49. The molecule has 1 aromatic heterocycles. The van der Waals surface area contributed by atoms with Crippen LogP contribution in [0.1, 0.15) is 24.1 Å². The minimum Gasteiger partial charge on any atom is -0.481 e. The normalized spacial score (nSPS) is 14.6. The van der Waals surface area contributed by atoms with Gasteiger partial charge in [0.05, 0.1) is 6.42 Å². The van der Waals surface area contributed by atoms with Crippen molar-refractivity contribution in [2.75, 3.05) is 13.1 Å². The lowest BCUT2D eigenvalue weighted by molar-refractivity contribution is -0.140. The van der Waals surface area contributed by atoms with Crippen molar-refractivity contribution in [2.45, 2.75) is 25.7 Å². The van der Waals surface area contributed by atoms with Gasteiger partial charge in [0.2, 0.25) is 11.5 Å². The first-order valence-electron chi connectivity index (χ1n) is 6.66. The first-order valence-corrected chi connectivity index (χ1v) is 6.66. The minimum absolute atomic E-state index is 0.0324. The van der Waals surface area contributed by atoms with E-state index in [1.165, 1.54) is 0 Å². The molecule has 0 bridgehead atoms. The number of hydrogen-bond acceptors (Lipinski definition) is 3. The molecule has 0 aromatic carbocycles. The summed E-state index contributed by atoms with van der Waals surface area (Å²) in [4.78, 5) is 35.8. The number of carbonyl (C=O) groups excluding carboxylic acids is 1. The maximum absolute atomic E-state index is 12.0. The Balaban J connectivity index is 2.08. The van der Waals surface area contributed by atoms with Crippen LogP contribution >= 0.6 is 0 Å². The summed E-state index contributed by atoms with van der Waals surface area (Å²) in [7, 11) is 1.74. The molecule has 1 aromatic rings. The number of hydrogen-bond donors (Lipinski definition) is 1. The number of nitrogens with zero attached hydrogens (tertiary/aromatic N) is 2. The highest BCUT2D eigenvalue weighted by Gasteiger charge is 2.20. The molecule has 6 nitrogen and oxygen atoms in total. The second-order valence-corrected chi connectivity index (χ2v) is 4.98. The van der Waals surface area contributed by atoms with Crippen LogP contribution < -0.4 is 5.56 Å². The summed E-state index contributed by atoms with van der Waals surface area (Å²) >= 11 is 0. The van der Waals surface area contributed by atoms with E-state index in [2.05, 4.69) is 0 Å². The van der Waals surface area contributed by atoms with Crippen LogP contribution in [-0.2, 0) is 29.5 Å². The van der Waals surface area contributed by atoms with Crippen LogP contribution in [0.25, 0.3) is 0 Å². The van der Waals surface area contributed by atoms with Crippen molar-refractivity contribution < 1.29 is 14.7 Å². The fourth-order valence-corrected chi connectivity index (χ4v) is 2.51. The van der Waals surface area contributed by atoms with Gasteiger partial charge in [-0.2, -0.15) is 0 Å². The monoisotopic (exact) mass is 278 g/mol. The third-order valence-electron chi connectivity index (χ3n) is 3.71. The van der Waals surface area contributed by atoms with Gasteiger partial charge in [0.1, 0.15) is 0 Å². The zero-order valence-corrected chi connectivity index (χ0v) is 11.5. The largest absolute Gasteiger partial charge is 0.481 e. The maximum atomic E-state index is 12.0. The second kappa shape index (κ2) is 5.90. The standard InChI is InChI=1S/C14H18N2O4/c1-15-11-7-9-16(13(18)4-5-14(19)20)8-6-10(11)2-3-12(15)17/h2-3H,4-9H2,1H3,(H,19,20). The molecule has 0 saturated carbocycles. The Labute approximate surface area is 116 Å². The molecule has 6 heteroatoms. The van der Waals surface area contributed by atoms with Crippen molar-refractivity contribution in [3.63, 3.8) is 0 Å². The molecule has 1 amide bonds. The molecule has 2 heterocycles. The molecule has 0 atom stereocenters. The second-order valence-electron chi connectivity index (χ2n) is 4.98. The zero-order chi connectivity index (χ0) is 14.7. The van der Waals surface area contributed by atoms with Crippen LogP contribution in [0, 0.1) is 0 Å². The summed E-state index contributed by atoms with van der Waals surface area (Å²) in [6.07, 6.45) is 1.22. The van der Waals surface area contributed by atoms with Crippen molar-refractivity contribution in [3.8, 4) is 0 Å². The predicted octanol–water partition coefficient (Wildman–Crippen LogP) is 0.177. The third-order valence-corrected chi connectivity index (χ3v) is 3.71. The van der Waals surface area contributed by atoms with E-state index >= 15 is 0 Å². The molecule has 1 N–H and O–H groups in total. The number of aliphatic carboxylic acids is 1. The van der Waals surface area contributed by atoms with E-state index in [0.29, 0.717) is 25.9 Å². The van der Waals surface area contributed by atoms with Gasteiger partial charge in [0.15, 0.2) is 0 Å². The molecule has 20 heavy (non-hydrogen) atoms. The smallest absolute Gasteiger partial charge is 0.303 e. The Kier molecular flexibility index (Phi) is 4.22.